The monoisotopic (exact) mass is 1990 g/mol. The van der Waals surface area contributed by atoms with Gasteiger partial charge in [0.1, 0.15) is 42.1 Å². The van der Waals surface area contributed by atoms with Crippen LogP contribution in [0, 0.1) is 5.92 Å². The lowest BCUT2D eigenvalue weighted by molar-refractivity contribution is 0.00408. The molecule has 3 fully saturated rings. The van der Waals surface area contributed by atoms with Gasteiger partial charge in [-0.05, 0) is 238 Å². The molecular formula is C119H114N24O7. The van der Waals surface area contributed by atoms with E-state index in [4.69, 9.17) is 43.1 Å². The standard InChI is InChI=1S/C27H25N5O2.C24H25N5O.C24H20N4O.C22H21N5O2.C22H23N5O/c1-2-4-26-24(3-1)23(9-10-28-26)25-18-30-32-19-21(17-29-27(25)32)20-5-7-22(8-6-20)34-16-13-31-11-14-33-15-12-31;1-28-12-2-3-18(15-28)17-30-22-6-4-19(5-7-22)21-13-26-24-23(14-27-29(24)16-21)20-8-10-25-11-9-20;1-16(2)29-19-9-7-17(8-10-19)18-13-26-24-22(14-27-28(24)15-18)20-11-12-25-23-6-4-3-5-21(20)23;1-3-20(29-16-26-9-11-28-12-10-26)4-2-17(1)19-13-24-22-21(14-25-27(22)15-19)18-5-7-23-8-6-18;1-26(2)12-3-13-28-20-6-4-17(5-7-20)19-14-24-22-21(15-25-27(22)16-19)18-8-10-23-11-9-18/h1-10,17-19H,11-16H2;4-11,13-14,16,18H,2-3,12,15,17H2,1H3;3-16H,1-2H3;1-8,13-15H,9-12,16H2;4-11,14-16H,3,12-13H2,1-2H3. The van der Waals surface area contributed by atoms with Crippen LogP contribution in [0.1, 0.15) is 33.1 Å². The van der Waals surface area contributed by atoms with E-state index in [1.165, 1.54) is 19.4 Å². The van der Waals surface area contributed by atoms with Crippen molar-refractivity contribution in [1.82, 2.24) is 118 Å². The van der Waals surface area contributed by atoms with E-state index in [0.717, 1.165) is 282 Å². The predicted molar refractivity (Wildman–Crippen MR) is 584 cm³/mol. The van der Waals surface area contributed by atoms with Gasteiger partial charge in [-0.25, -0.2) is 47.5 Å². The molecule has 0 spiro atoms. The molecule has 7 aromatic carbocycles. The number of nitrogens with zero attached hydrogens (tertiary/aromatic N) is 24. The van der Waals surface area contributed by atoms with Crippen molar-refractivity contribution in [1.29, 1.82) is 0 Å². The Morgan fingerprint density at radius 3 is 1.05 bits per heavy atom. The number of pyridine rings is 5. The highest BCUT2D eigenvalue weighted by Gasteiger charge is 2.23. The normalized spacial score (nSPS) is 14.0. The van der Waals surface area contributed by atoms with E-state index in [0.29, 0.717) is 19.3 Å². The second kappa shape index (κ2) is 47.5. The average Bonchev–Trinajstić information content (AvgIpc) is 1.60. The third-order valence-electron chi connectivity index (χ3n) is 26.5. The summed E-state index contributed by atoms with van der Waals surface area (Å²) >= 11 is 0. The number of aromatic nitrogens is 20. The molecule has 0 aliphatic carbocycles. The molecule has 18 heterocycles. The van der Waals surface area contributed by atoms with Gasteiger partial charge < -0.3 is 43.0 Å². The molecular weight excluding hydrogens is 1880 g/mol. The first-order valence-electron chi connectivity index (χ1n) is 50.6. The molecule has 0 bridgehead atoms. The molecule has 1 atom stereocenters. The average molecular weight is 1990 g/mol. The molecule has 25 rings (SSSR count). The molecule has 3 aliphatic heterocycles. The molecule has 0 amide bonds. The summed E-state index contributed by atoms with van der Waals surface area (Å²) in [5.41, 5.74) is 26.8. The molecule has 0 saturated carbocycles. The lowest BCUT2D eigenvalue weighted by Gasteiger charge is -2.29. The fourth-order valence-electron chi connectivity index (χ4n) is 18.5. The minimum absolute atomic E-state index is 0.158. The number of para-hydroxylation sites is 2. The summed E-state index contributed by atoms with van der Waals surface area (Å²) in [5, 5.41) is 24.8. The number of likely N-dealkylation sites (tertiary alicyclic amines) is 1. The highest BCUT2D eigenvalue weighted by atomic mass is 16.5. The quantitative estimate of drug-likeness (QED) is 0.0432. The molecule has 22 aromatic rings. The lowest BCUT2D eigenvalue weighted by Crippen LogP contribution is -2.38. The topological polar surface area (TPSA) is 293 Å². The fraction of sp³-hybridized carbons (Fsp3) is 0.218. The number of hydrogen-bond donors (Lipinski definition) is 0. The van der Waals surface area contributed by atoms with Gasteiger partial charge in [0.15, 0.2) is 28.2 Å². The number of piperidine rings is 1. The van der Waals surface area contributed by atoms with Gasteiger partial charge in [-0.3, -0.25) is 34.7 Å². The van der Waals surface area contributed by atoms with Crippen LogP contribution in [-0.2, 0) is 9.47 Å². The Labute approximate surface area is 868 Å². The van der Waals surface area contributed by atoms with Gasteiger partial charge in [-0.15, -0.1) is 0 Å². The SMILES string of the molecule is CC(C)Oc1ccc(-c2cnc3c(-c4ccnc5ccccc45)cnn3c2)cc1.CN(C)CCCOc1ccc(-c2cnc3c(-c4ccncc4)cnn3c2)cc1.CN1CCCC(COc2ccc(-c3cnc4c(-c5ccncc5)cnn4c3)cc2)C1.c1cc(-c2cnn3cc(-c4ccc(OCN5CCOCC5)cc4)cnc23)ccn1.c1ccc2c(-c3cnn4cc(-c5ccc(OCCN6CCOCC6)cc5)cnc34)ccnc2c1. The largest absolute Gasteiger partial charge is 0.494 e. The van der Waals surface area contributed by atoms with E-state index >= 15 is 0 Å². The summed E-state index contributed by atoms with van der Waals surface area (Å²) in [6.45, 7) is 18.0. The van der Waals surface area contributed by atoms with Crippen LogP contribution in [0.4, 0.5) is 0 Å². The van der Waals surface area contributed by atoms with Crippen molar-refractivity contribution in [3.8, 4) is 140 Å². The molecule has 1 unspecified atom stereocenters. The van der Waals surface area contributed by atoms with Crippen LogP contribution in [0.15, 0.2) is 361 Å². The molecule has 15 aromatic heterocycles. The molecule has 0 N–H and O–H groups in total. The number of rotatable bonds is 27. The second-order valence-corrected chi connectivity index (χ2v) is 37.5. The molecule has 150 heavy (non-hydrogen) atoms. The minimum Gasteiger partial charge on any atom is -0.494 e. The summed E-state index contributed by atoms with van der Waals surface area (Å²) in [4.78, 5) is 53.7. The highest BCUT2D eigenvalue weighted by molar-refractivity contribution is 5.99. The maximum Gasteiger partial charge on any atom is 0.162 e. The van der Waals surface area contributed by atoms with E-state index in [1.54, 1.807) is 37.2 Å². The van der Waals surface area contributed by atoms with E-state index in [9.17, 15) is 0 Å². The second-order valence-electron chi connectivity index (χ2n) is 37.5. The van der Waals surface area contributed by atoms with Gasteiger partial charge in [0.05, 0.1) is 87.8 Å². The summed E-state index contributed by atoms with van der Waals surface area (Å²) in [5.74, 6) is 5.01. The Bertz CT molecular complexity index is 8200. The molecule has 31 heteroatoms. The maximum atomic E-state index is 6.04. The minimum atomic E-state index is 0.158. The van der Waals surface area contributed by atoms with Crippen molar-refractivity contribution in [2.45, 2.75) is 39.2 Å². The van der Waals surface area contributed by atoms with Crippen molar-refractivity contribution >= 4 is 50.0 Å². The van der Waals surface area contributed by atoms with E-state index in [-0.39, 0.29) is 6.10 Å². The molecule has 3 saturated heterocycles. The summed E-state index contributed by atoms with van der Waals surface area (Å²) in [6, 6.07) is 72.7. The molecule has 752 valence electrons. The Balaban J connectivity index is 0.000000110. The van der Waals surface area contributed by atoms with Crippen molar-refractivity contribution in [3.63, 3.8) is 0 Å². The van der Waals surface area contributed by atoms with Crippen molar-refractivity contribution in [2.24, 2.45) is 5.92 Å². The van der Waals surface area contributed by atoms with E-state index in [1.807, 2.05) is 312 Å². The molecule has 31 nitrogen and oxygen atoms in total. The van der Waals surface area contributed by atoms with Gasteiger partial charge in [0.25, 0.3) is 0 Å². The van der Waals surface area contributed by atoms with Crippen molar-refractivity contribution < 1.29 is 33.2 Å². The smallest absolute Gasteiger partial charge is 0.162 e. The number of morpholine rings is 2. The van der Waals surface area contributed by atoms with Crippen molar-refractivity contribution in [2.75, 3.05) is 126 Å². The summed E-state index contributed by atoms with van der Waals surface area (Å²) in [7, 11) is 6.32. The summed E-state index contributed by atoms with van der Waals surface area (Å²) in [6.07, 6.45) is 46.8. The van der Waals surface area contributed by atoms with Crippen LogP contribution in [0.5, 0.6) is 28.7 Å². The first-order valence-corrected chi connectivity index (χ1v) is 50.6. The molecule has 3 aliphatic rings. The fourth-order valence-corrected chi connectivity index (χ4v) is 18.5. The van der Waals surface area contributed by atoms with Gasteiger partial charge >= 0.3 is 0 Å². The van der Waals surface area contributed by atoms with Crippen LogP contribution in [-0.4, -0.2) is 250 Å². The molecule has 0 radical (unpaired) electrons. The lowest BCUT2D eigenvalue weighted by atomic mass is 9.99. The third kappa shape index (κ3) is 24.1. The zero-order valence-corrected chi connectivity index (χ0v) is 84.2. The summed E-state index contributed by atoms with van der Waals surface area (Å²) < 4.78 is 49.3. The van der Waals surface area contributed by atoms with Crippen molar-refractivity contribution in [3.05, 3.63) is 361 Å². The predicted octanol–water partition coefficient (Wildman–Crippen LogP) is 20.8. The van der Waals surface area contributed by atoms with Gasteiger partial charge in [0, 0.05) is 230 Å². The van der Waals surface area contributed by atoms with Crippen LogP contribution in [0.25, 0.3) is 161 Å². The Hall–Kier alpha value is -17.3. The van der Waals surface area contributed by atoms with Crippen LogP contribution in [0.2, 0.25) is 0 Å². The highest BCUT2D eigenvalue weighted by Crippen LogP contribution is 2.37. The number of fused-ring (bicyclic) bond motifs is 7. The maximum absolute atomic E-state index is 6.04. The van der Waals surface area contributed by atoms with Crippen LogP contribution < -0.4 is 23.7 Å². The van der Waals surface area contributed by atoms with Crippen LogP contribution in [0.3, 0.4) is 0 Å². The third-order valence-corrected chi connectivity index (χ3v) is 26.5. The van der Waals surface area contributed by atoms with Gasteiger partial charge in [-0.2, -0.15) is 25.5 Å². The Kier molecular flexibility index (Phi) is 31.2. The number of benzene rings is 7. The van der Waals surface area contributed by atoms with E-state index in [2.05, 4.69) is 155 Å². The van der Waals surface area contributed by atoms with Gasteiger partial charge in [0.2, 0.25) is 0 Å². The van der Waals surface area contributed by atoms with E-state index < -0.39 is 0 Å². The Morgan fingerprint density at radius 2 is 0.673 bits per heavy atom. The van der Waals surface area contributed by atoms with Crippen LogP contribution >= 0.6 is 0 Å². The zero-order valence-electron chi connectivity index (χ0n) is 84.2. The first-order chi connectivity index (χ1) is 73.9. The number of ether oxygens (including phenoxy) is 7. The van der Waals surface area contributed by atoms with Gasteiger partial charge in [-0.1, -0.05) is 97.1 Å². The zero-order chi connectivity index (χ0) is 102. The first kappa shape index (κ1) is 98.7. The number of hydrogen-bond acceptors (Lipinski definition) is 26. The Morgan fingerprint density at radius 1 is 0.327 bits per heavy atom.